The quantitative estimate of drug-likeness (QED) is 0.320. The van der Waals surface area contributed by atoms with Gasteiger partial charge in [-0.15, -0.1) is 0 Å². The van der Waals surface area contributed by atoms with Crippen LogP contribution in [0.4, 0.5) is 0 Å². The summed E-state index contributed by atoms with van der Waals surface area (Å²) in [6, 6.07) is 18.6. The molecule has 2 saturated heterocycles. The molecule has 0 N–H and O–H groups in total. The summed E-state index contributed by atoms with van der Waals surface area (Å²) in [5.74, 6) is -1.09. The molecule has 2 aromatic rings. The van der Waals surface area contributed by atoms with E-state index in [2.05, 4.69) is 0 Å². The van der Waals surface area contributed by atoms with E-state index in [0.717, 1.165) is 23.6 Å². The van der Waals surface area contributed by atoms with Gasteiger partial charge in [-0.05, 0) is 25.0 Å². The van der Waals surface area contributed by atoms with Crippen molar-refractivity contribution in [3.63, 3.8) is 0 Å². The highest BCUT2D eigenvalue weighted by Gasteiger charge is 2.73. The van der Waals surface area contributed by atoms with Gasteiger partial charge in [-0.2, -0.15) is 16.8 Å². The minimum absolute atomic E-state index is 0.0331. The molecule has 3 atom stereocenters. The predicted octanol–water partition coefficient (Wildman–Crippen LogP) is 2.36. The van der Waals surface area contributed by atoms with E-state index in [1.54, 1.807) is 13.8 Å². The monoisotopic (exact) mass is 586 g/mol. The molecule has 11 nitrogen and oxygen atoms in total. The zero-order valence-corrected chi connectivity index (χ0v) is 23.9. The smallest absolute Gasteiger partial charge is 0.264 e. The predicted molar refractivity (Wildman–Crippen MR) is 139 cm³/mol. The van der Waals surface area contributed by atoms with Crippen LogP contribution in [0.25, 0.3) is 0 Å². The van der Waals surface area contributed by atoms with Crippen molar-refractivity contribution >= 4 is 20.2 Å². The van der Waals surface area contributed by atoms with Crippen molar-refractivity contribution < 1.29 is 48.9 Å². The Kier molecular flexibility index (Phi) is 8.86. The molecule has 0 radical (unpaired) electrons. The first kappa shape index (κ1) is 30.0. The number of fused-ring (bicyclic) bond motifs is 1. The lowest BCUT2D eigenvalue weighted by Gasteiger charge is -2.45. The van der Waals surface area contributed by atoms with Gasteiger partial charge < -0.3 is 23.7 Å². The van der Waals surface area contributed by atoms with E-state index in [1.807, 2.05) is 60.7 Å². The van der Waals surface area contributed by atoms with Crippen molar-refractivity contribution in [2.75, 3.05) is 32.3 Å². The van der Waals surface area contributed by atoms with Crippen molar-refractivity contribution in [2.24, 2.45) is 0 Å². The lowest BCUT2D eigenvalue weighted by molar-refractivity contribution is -0.289. The summed E-state index contributed by atoms with van der Waals surface area (Å²) < 4.78 is 90.0. The second kappa shape index (κ2) is 11.5. The van der Waals surface area contributed by atoms with Gasteiger partial charge in [0.2, 0.25) is 0 Å². The van der Waals surface area contributed by atoms with E-state index in [1.165, 1.54) is 0 Å². The minimum Gasteiger partial charge on any atom is -0.374 e. The molecule has 216 valence electrons. The molecule has 0 bridgehead atoms. The molecule has 2 aliphatic heterocycles. The molecule has 2 aliphatic rings. The summed E-state index contributed by atoms with van der Waals surface area (Å²) in [6.07, 6.45) is -0.272. The molecule has 0 aromatic heterocycles. The van der Waals surface area contributed by atoms with Crippen LogP contribution in [0.3, 0.4) is 0 Å². The van der Waals surface area contributed by atoms with E-state index >= 15 is 0 Å². The highest BCUT2D eigenvalue weighted by molar-refractivity contribution is 7.86. The van der Waals surface area contributed by atoms with E-state index < -0.39 is 62.8 Å². The Morgan fingerprint density at radius 3 is 1.74 bits per heavy atom. The van der Waals surface area contributed by atoms with Gasteiger partial charge in [0.25, 0.3) is 20.2 Å². The van der Waals surface area contributed by atoms with Crippen LogP contribution in [-0.4, -0.2) is 78.6 Å². The Labute approximate surface area is 229 Å². The minimum atomic E-state index is -3.99. The van der Waals surface area contributed by atoms with Crippen LogP contribution in [-0.2, 0) is 65.5 Å². The van der Waals surface area contributed by atoms with Gasteiger partial charge in [-0.1, -0.05) is 60.7 Å². The molecule has 2 aromatic carbocycles. The summed E-state index contributed by atoms with van der Waals surface area (Å²) in [4.78, 5) is 0. The Balaban J connectivity index is 1.78. The summed E-state index contributed by atoms with van der Waals surface area (Å²) >= 11 is 0. The normalized spacial score (nSPS) is 25.9. The zero-order chi connectivity index (χ0) is 28.4. The molecule has 0 spiro atoms. The molecule has 0 amide bonds. The molecule has 2 heterocycles. The van der Waals surface area contributed by atoms with Crippen molar-refractivity contribution in [1.29, 1.82) is 0 Å². The molecule has 0 aliphatic carbocycles. The molecule has 0 unspecified atom stereocenters. The molecular weight excluding hydrogens is 552 g/mol. The summed E-state index contributed by atoms with van der Waals surface area (Å²) in [6.45, 7) is 2.11. The average molecular weight is 587 g/mol. The van der Waals surface area contributed by atoms with E-state index in [-0.39, 0.29) is 19.8 Å². The van der Waals surface area contributed by atoms with E-state index in [9.17, 15) is 16.8 Å². The largest absolute Gasteiger partial charge is 0.374 e. The standard InChI is InChI=1S/C26H34O11S2/c1-24(2)35-22-23(36-24)37-25(17-33-38(3,27)28,18-34-39(4,29)30)26(22,32-16-21-13-9-6-10-14-21)19-31-15-20-11-7-5-8-12-20/h5-14,22-23H,15-19H2,1-4H3/t22-,23-,26-/m0/s1. The van der Waals surface area contributed by atoms with Gasteiger partial charge in [0.15, 0.2) is 23.3 Å². The van der Waals surface area contributed by atoms with Crippen molar-refractivity contribution in [3.8, 4) is 0 Å². The summed E-state index contributed by atoms with van der Waals surface area (Å²) in [7, 11) is -7.99. The van der Waals surface area contributed by atoms with Gasteiger partial charge in [-0.3, -0.25) is 8.37 Å². The number of benzene rings is 2. The topological polar surface area (TPSA) is 133 Å². The van der Waals surface area contributed by atoms with Crippen LogP contribution in [0.2, 0.25) is 0 Å². The van der Waals surface area contributed by atoms with Gasteiger partial charge in [0.05, 0.1) is 32.3 Å². The summed E-state index contributed by atoms with van der Waals surface area (Å²) in [5.41, 5.74) is -1.80. The van der Waals surface area contributed by atoms with Crippen LogP contribution in [0.15, 0.2) is 60.7 Å². The summed E-state index contributed by atoms with van der Waals surface area (Å²) in [5, 5.41) is 0. The number of hydrogen-bond donors (Lipinski definition) is 0. The Hall–Kier alpha value is -1.94. The molecule has 2 fully saturated rings. The van der Waals surface area contributed by atoms with Crippen molar-refractivity contribution in [3.05, 3.63) is 71.8 Å². The highest BCUT2D eigenvalue weighted by atomic mass is 32.2. The van der Waals surface area contributed by atoms with Gasteiger partial charge in [0, 0.05) is 0 Å². The molecule has 4 rings (SSSR count). The number of ether oxygens (including phenoxy) is 5. The maximum Gasteiger partial charge on any atom is 0.264 e. The maximum absolute atomic E-state index is 12.1. The third-order valence-corrected chi connectivity index (χ3v) is 7.50. The Morgan fingerprint density at radius 2 is 1.23 bits per heavy atom. The number of hydrogen-bond acceptors (Lipinski definition) is 11. The van der Waals surface area contributed by atoms with Crippen LogP contribution >= 0.6 is 0 Å². The van der Waals surface area contributed by atoms with Crippen molar-refractivity contribution in [1.82, 2.24) is 0 Å². The third kappa shape index (κ3) is 7.43. The first-order valence-electron chi connectivity index (χ1n) is 12.2. The number of rotatable bonds is 13. The van der Waals surface area contributed by atoms with Gasteiger partial charge in [0.1, 0.15) is 19.3 Å². The zero-order valence-electron chi connectivity index (χ0n) is 22.3. The van der Waals surface area contributed by atoms with E-state index in [0.29, 0.717) is 0 Å². The van der Waals surface area contributed by atoms with Gasteiger partial charge >= 0.3 is 0 Å². The SMILES string of the molecule is CC1(C)O[C@H]2OC(COS(C)(=O)=O)(COS(C)(=O)=O)[C@@](COCc3ccccc3)(OCc3ccccc3)[C@H]2O1. The Morgan fingerprint density at radius 1 is 0.718 bits per heavy atom. The molecule has 39 heavy (non-hydrogen) atoms. The van der Waals surface area contributed by atoms with Crippen LogP contribution < -0.4 is 0 Å². The first-order chi connectivity index (χ1) is 18.2. The third-order valence-electron chi connectivity index (χ3n) is 6.41. The van der Waals surface area contributed by atoms with Crippen LogP contribution in [0.5, 0.6) is 0 Å². The lowest BCUT2D eigenvalue weighted by Crippen LogP contribution is -2.66. The fraction of sp³-hybridized carbons (Fsp3) is 0.538. The Bertz CT molecular complexity index is 1280. The fourth-order valence-electron chi connectivity index (χ4n) is 4.62. The molecular formula is C26H34O11S2. The van der Waals surface area contributed by atoms with Gasteiger partial charge in [-0.25, -0.2) is 0 Å². The van der Waals surface area contributed by atoms with E-state index in [4.69, 9.17) is 32.1 Å². The van der Waals surface area contributed by atoms with Crippen LogP contribution in [0.1, 0.15) is 25.0 Å². The van der Waals surface area contributed by atoms with Crippen LogP contribution in [0, 0.1) is 0 Å². The lowest BCUT2D eigenvalue weighted by atomic mass is 9.81. The highest BCUT2D eigenvalue weighted by Crippen LogP contribution is 2.51. The first-order valence-corrected chi connectivity index (χ1v) is 15.9. The maximum atomic E-state index is 12.1. The molecule has 0 saturated carbocycles. The molecule has 13 heteroatoms. The van der Waals surface area contributed by atoms with Crippen molar-refractivity contribution in [2.45, 2.75) is 56.4 Å². The average Bonchev–Trinajstić information content (AvgIpc) is 3.28. The second-order valence-corrected chi connectivity index (χ2v) is 13.4. The fourth-order valence-corrected chi connectivity index (χ4v) is 5.43. The second-order valence-electron chi connectivity index (χ2n) is 10.1.